The Hall–Kier alpha value is -1.18. The maximum atomic E-state index is 4.74. The van der Waals surface area contributed by atoms with E-state index in [0.717, 1.165) is 30.0 Å². The third-order valence-electron chi connectivity index (χ3n) is 7.69. The maximum Gasteiger partial charge on any atom is 0.131 e. The van der Waals surface area contributed by atoms with E-state index in [4.69, 9.17) is 9.97 Å². The summed E-state index contributed by atoms with van der Waals surface area (Å²) >= 11 is 0. The average Bonchev–Trinajstić information content (AvgIpc) is 2.81. The first-order valence-corrected chi connectivity index (χ1v) is 13.3. The van der Waals surface area contributed by atoms with Crippen molar-refractivity contribution in [2.45, 2.75) is 122 Å². The minimum absolute atomic E-state index is 0.581. The summed E-state index contributed by atoms with van der Waals surface area (Å²) in [6, 6.07) is 0. The Bertz CT molecular complexity index is 590. The van der Waals surface area contributed by atoms with Gasteiger partial charge in [-0.2, -0.15) is 0 Å². The molecule has 2 fully saturated rings. The fraction of sp³-hybridized carbons (Fsp3) is 0.786. The van der Waals surface area contributed by atoms with Gasteiger partial charge in [0.1, 0.15) is 5.82 Å². The van der Waals surface area contributed by atoms with Crippen LogP contribution in [0, 0.1) is 17.8 Å². The van der Waals surface area contributed by atoms with E-state index >= 15 is 0 Å². The third kappa shape index (κ3) is 7.82. The highest BCUT2D eigenvalue weighted by atomic mass is 14.9. The van der Waals surface area contributed by atoms with E-state index < -0.39 is 0 Å². The Morgan fingerprint density at radius 2 is 1.33 bits per heavy atom. The normalized spacial score (nSPS) is 27.5. The minimum Gasteiger partial charge on any atom is -0.241 e. The Morgan fingerprint density at radius 3 is 1.93 bits per heavy atom. The molecule has 1 heterocycles. The summed E-state index contributed by atoms with van der Waals surface area (Å²) in [4.78, 5) is 9.49. The summed E-state index contributed by atoms with van der Waals surface area (Å²) in [6.45, 7) is 4.59. The molecule has 0 saturated heterocycles. The standard InChI is InChI=1S/C28H46N2/c1-3-5-7-8-10-26-21-29-28(30-22-26)27-19-17-25(18-20-27)16-15-24-13-11-23(12-14-24)9-6-4-2/h15-16,21-25,27H,3-14,17-20H2,1-2H3/b16-15+. The van der Waals surface area contributed by atoms with E-state index in [0.29, 0.717) is 5.92 Å². The molecule has 2 saturated carbocycles. The van der Waals surface area contributed by atoms with Gasteiger partial charge in [-0.1, -0.05) is 64.5 Å². The van der Waals surface area contributed by atoms with Crippen molar-refractivity contribution in [2.24, 2.45) is 17.8 Å². The largest absolute Gasteiger partial charge is 0.241 e. The van der Waals surface area contributed by atoms with Crippen molar-refractivity contribution in [1.82, 2.24) is 9.97 Å². The summed E-state index contributed by atoms with van der Waals surface area (Å²) in [5, 5.41) is 0. The topological polar surface area (TPSA) is 25.8 Å². The van der Waals surface area contributed by atoms with E-state index in [-0.39, 0.29) is 0 Å². The molecule has 0 aromatic carbocycles. The van der Waals surface area contributed by atoms with Crippen LogP contribution in [0.15, 0.2) is 24.5 Å². The fourth-order valence-electron chi connectivity index (χ4n) is 5.51. The lowest BCUT2D eigenvalue weighted by Gasteiger charge is -2.28. The monoisotopic (exact) mass is 410 g/mol. The van der Waals surface area contributed by atoms with Gasteiger partial charge >= 0.3 is 0 Å². The number of hydrogen-bond donors (Lipinski definition) is 0. The van der Waals surface area contributed by atoms with Gasteiger partial charge in [0.25, 0.3) is 0 Å². The van der Waals surface area contributed by atoms with Gasteiger partial charge in [0.05, 0.1) is 0 Å². The summed E-state index contributed by atoms with van der Waals surface area (Å²) in [5.41, 5.74) is 1.32. The maximum absolute atomic E-state index is 4.74. The van der Waals surface area contributed by atoms with Crippen LogP contribution in [0.25, 0.3) is 0 Å². The number of hydrogen-bond acceptors (Lipinski definition) is 2. The second kappa shape index (κ2) is 13.3. The molecule has 1 aromatic rings. The summed E-state index contributed by atoms with van der Waals surface area (Å²) in [6.07, 6.45) is 30.9. The zero-order valence-corrected chi connectivity index (χ0v) is 19.8. The molecule has 0 N–H and O–H groups in total. The van der Waals surface area contributed by atoms with Gasteiger partial charge in [0.15, 0.2) is 0 Å². The molecule has 168 valence electrons. The predicted octanol–water partition coefficient (Wildman–Crippen LogP) is 8.43. The lowest BCUT2D eigenvalue weighted by atomic mass is 9.78. The fourth-order valence-corrected chi connectivity index (χ4v) is 5.51. The molecule has 2 aliphatic carbocycles. The highest BCUT2D eigenvalue weighted by molar-refractivity contribution is 5.09. The number of aromatic nitrogens is 2. The number of allylic oxidation sites excluding steroid dienone is 2. The van der Waals surface area contributed by atoms with Gasteiger partial charge in [0.2, 0.25) is 0 Å². The smallest absolute Gasteiger partial charge is 0.131 e. The molecule has 0 radical (unpaired) electrons. The lowest BCUT2D eigenvalue weighted by molar-refractivity contribution is 0.289. The van der Waals surface area contributed by atoms with Gasteiger partial charge in [-0.25, -0.2) is 9.97 Å². The van der Waals surface area contributed by atoms with Crippen LogP contribution in [0.1, 0.15) is 127 Å². The van der Waals surface area contributed by atoms with Crippen LogP contribution in [0.4, 0.5) is 0 Å². The molecule has 3 rings (SSSR count). The molecular weight excluding hydrogens is 364 g/mol. The van der Waals surface area contributed by atoms with Gasteiger partial charge in [0, 0.05) is 18.3 Å². The molecule has 0 spiro atoms. The Labute approximate surface area is 186 Å². The Balaban J connectivity index is 1.35. The van der Waals surface area contributed by atoms with Crippen LogP contribution in [-0.4, -0.2) is 9.97 Å². The molecule has 1 aromatic heterocycles. The summed E-state index contributed by atoms with van der Waals surface area (Å²) in [5.74, 6) is 4.34. The Morgan fingerprint density at radius 1 is 0.733 bits per heavy atom. The van der Waals surface area contributed by atoms with Crippen LogP contribution >= 0.6 is 0 Å². The lowest BCUT2D eigenvalue weighted by Crippen LogP contribution is -2.15. The summed E-state index contributed by atoms with van der Waals surface area (Å²) in [7, 11) is 0. The van der Waals surface area contributed by atoms with Crippen molar-refractivity contribution in [3.05, 3.63) is 35.9 Å². The molecule has 2 aliphatic rings. The van der Waals surface area contributed by atoms with Crippen molar-refractivity contribution in [2.75, 3.05) is 0 Å². The van der Waals surface area contributed by atoms with Crippen molar-refractivity contribution in [3.8, 4) is 0 Å². The van der Waals surface area contributed by atoms with Gasteiger partial charge in [-0.15, -0.1) is 0 Å². The molecule has 2 heteroatoms. The highest BCUT2D eigenvalue weighted by Crippen LogP contribution is 2.36. The number of unbranched alkanes of at least 4 members (excludes halogenated alkanes) is 4. The van der Waals surface area contributed by atoms with Gasteiger partial charge in [-0.3, -0.25) is 0 Å². The number of nitrogens with zero attached hydrogens (tertiary/aromatic N) is 2. The van der Waals surface area contributed by atoms with E-state index in [2.05, 4.69) is 38.4 Å². The average molecular weight is 411 g/mol. The molecule has 30 heavy (non-hydrogen) atoms. The molecular formula is C28H46N2. The SMILES string of the molecule is CCCCCCc1cnc(C2CCC(/C=C/C3CCC(CCCC)CC3)CC2)nc1. The molecule has 0 unspecified atom stereocenters. The van der Waals surface area contributed by atoms with E-state index in [1.165, 1.54) is 102 Å². The van der Waals surface area contributed by atoms with E-state index in [1.54, 1.807) is 0 Å². The van der Waals surface area contributed by atoms with Crippen LogP contribution in [0.3, 0.4) is 0 Å². The van der Waals surface area contributed by atoms with Crippen LogP contribution in [-0.2, 0) is 6.42 Å². The zero-order valence-electron chi connectivity index (χ0n) is 19.8. The molecule has 0 aliphatic heterocycles. The van der Waals surface area contributed by atoms with Crippen LogP contribution < -0.4 is 0 Å². The van der Waals surface area contributed by atoms with Crippen molar-refractivity contribution in [1.29, 1.82) is 0 Å². The van der Waals surface area contributed by atoms with Gasteiger partial charge < -0.3 is 0 Å². The quantitative estimate of drug-likeness (QED) is 0.270. The zero-order chi connectivity index (χ0) is 21.0. The van der Waals surface area contributed by atoms with E-state index in [1.807, 2.05) is 0 Å². The number of aryl methyl sites for hydroxylation is 1. The first-order valence-electron chi connectivity index (χ1n) is 13.3. The molecule has 0 atom stereocenters. The minimum atomic E-state index is 0.581. The van der Waals surface area contributed by atoms with E-state index in [9.17, 15) is 0 Å². The molecule has 0 bridgehead atoms. The second-order valence-electron chi connectivity index (χ2n) is 10.2. The van der Waals surface area contributed by atoms with Gasteiger partial charge in [-0.05, 0) is 87.5 Å². The van der Waals surface area contributed by atoms with Crippen molar-refractivity contribution in [3.63, 3.8) is 0 Å². The number of rotatable bonds is 11. The predicted molar refractivity (Wildman–Crippen MR) is 129 cm³/mol. The van der Waals surface area contributed by atoms with Crippen LogP contribution in [0.5, 0.6) is 0 Å². The molecule has 0 amide bonds. The Kier molecular flexibility index (Phi) is 10.4. The van der Waals surface area contributed by atoms with Crippen LogP contribution in [0.2, 0.25) is 0 Å². The second-order valence-corrected chi connectivity index (χ2v) is 10.2. The first-order chi connectivity index (χ1) is 14.8. The highest BCUT2D eigenvalue weighted by Gasteiger charge is 2.24. The molecule has 2 nitrogen and oxygen atoms in total. The van der Waals surface area contributed by atoms with Crippen molar-refractivity contribution < 1.29 is 0 Å². The first kappa shape index (κ1) is 23.5. The summed E-state index contributed by atoms with van der Waals surface area (Å²) < 4.78 is 0. The van der Waals surface area contributed by atoms with Crippen molar-refractivity contribution >= 4 is 0 Å². The third-order valence-corrected chi connectivity index (χ3v) is 7.69.